The molecule has 0 unspecified atom stereocenters. The molecule has 1 aliphatic rings. The van der Waals surface area contributed by atoms with Crippen LogP contribution in [0.5, 0.6) is 5.75 Å². The molecule has 0 atom stereocenters. The molecule has 3 nitrogen and oxygen atoms in total. The SMILES string of the molecule is CC(C)C1CC(Nc2ccc(OCC#N)cc2)C1. The molecule has 1 saturated carbocycles. The van der Waals surface area contributed by atoms with Gasteiger partial charge in [-0.15, -0.1) is 0 Å². The van der Waals surface area contributed by atoms with E-state index in [1.165, 1.54) is 12.8 Å². The largest absolute Gasteiger partial charge is 0.479 e. The highest BCUT2D eigenvalue weighted by Gasteiger charge is 2.30. The minimum atomic E-state index is 0.103. The third-order valence-corrected chi connectivity index (χ3v) is 3.65. The van der Waals surface area contributed by atoms with E-state index < -0.39 is 0 Å². The van der Waals surface area contributed by atoms with Gasteiger partial charge in [0.1, 0.15) is 11.8 Å². The summed E-state index contributed by atoms with van der Waals surface area (Å²) >= 11 is 0. The molecule has 0 amide bonds. The molecular weight excluding hydrogens is 224 g/mol. The molecule has 1 aromatic rings. The Morgan fingerprint density at radius 2 is 2.00 bits per heavy atom. The summed E-state index contributed by atoms with van der Waals surface area (Å²) in [4.78, 5) is 0. The molecule has 0 aromatic heterocycles. The van der Waals surface area contributed by atoms with Gasteiger partial charge in [0, 0.05) is 11.7 Å². The highest BCUT2D eigenvalue weighted by atomic mass is 16.5. The summed E-state index contributed by atoms with van der Waals surface area (Å²) in [5.41, 5.74) is 1.13. The monoisotopic (exact) mass is 244 g/mol. The lowest BCUT2D eigenvalue weighted by Gasteiger charge is -2.39. The predicted molar refractivity (Wildman–Crippen MR) is 72.5 cm³/mol. The second-order valence-electron chi connectivity index (χ2n) is 5.29. The zero-order valence-electron chi connectivity index (χ0n) is 11.0. The summed E-state index contributed by atoms with van der Waals surface area (Å²) in [7, 11) is 0. The van der Waals surface area contributed by atoms with Crippen molar-refractivity contribution in [2.75, 3.05) is 11.9 Å². The molecule has 0 spiro atoms. The number of anilines is 1. The van der Waals surface area contributed by atoms with Crippen LogP contribution >= 0.6 is 0 Å². The third-order valence-electron chi connectivity index (χ3n) is 3.65. The summed E-state index contributed by atoms with van der Waals surface area (Å²) in [5, 5.41) is 11.9. The molecular formula is C15H20N2O. The lowest BCUT2D eigenvalue weighted by molar-refractivity contribution is 0.212. The van der Waals surface area contributed by atoms with Crippen LogP contribution in [0, 0.1) is 23.2 Å². The first-order valence-electron chi connectivity index (χ1n) is 6.55. The lowest BCUT2D eigenvalue weighted by atomic mass is 9.73. The van der Waals surface area contributed by atoms with E-state index in [1.807, 2.05) is 30.3 Å². The van der Waals surface area contributed by atoms with Gasteiger partial charge < -0.3 is 10.1 Å². The van der Waals surface area contributed by atoms with Crippen molar-refractivity contribution < 1.29 is 4.74 Å². The Bertz CT molecular complexity index is 413. The van der Waals surface area contributed by atoms with Crippen LogP contribution in [0.15, 0.2) is 24.3 Å². The Labute approximate surface area is 109 Å². The van der Waals surface area contributed by atoms with E-state index in [9.17, 15) is 0 Å². The molecule has 1 N–H and O–H groups in total. The van der Waals surface area contributed by atoms with Gasteiger partial charge in [0.2, 0.25) is 0 Å². The molecule has 3 heteroatoms. The van der Waals surface area contributed by atoms with Gasteiger partial charge in [-0.05, 0) is 48.9 Å². The van der Waals surface area contributed by atoms with Gasteiger partial charge in [-0.3, -0.25) is 0 Å². The van der Waals surface area contributed by atoms with E-state index in [0.29, 0.717) is 6.04 Å². The molecule has 18 heavy (non-hydrogen) atoms. The first-order chi connectivity index (χ1) is 8.69. The zero-order valence-corrected chi connectivity index (χ0v) is 11.0. The van der Waals surface area contributed by atoms with Crippen LogP contribution in [0.1, 0.15) is 26.7 Å². The number of nitriles is 1. The van der Waals surface area contributed by atoms with Crippen LogP contribution in [0.2, 0.25) is 0 Å². The number of rotatable bonds is 5. The van der Waals surface area contributed by atoms with Gasteiger partial charge in [0.15, 0.2) is 6.61 Å². The Morgan fingerprint density at radius 3 is 2.56 bits per heavy atom. The van der Waals surface area contributed by atoms with Crippen LogP contribution in [-0.4, -0.2) is 12.6 Å². The molecule has 2 rings (SSSR count). The van der Waals surface area contributed by atoms with Gasteiger partial charge in [0.05, 0.1) is 0 Å². The van der Waals surface area contributed by atoms with E-state index >= 15 is 0 Å². The highest BCUT2D eigenvalue weighted by molar-refractivity contribution is 5.47. The van der Waals surface area contributed by atoms with Crippen LogP contribution in [0.3, 0.4) is 0 Å². The quantitative estimate of drug-likeness (QED) is 0.863. The molecule has 1 fully saturated rings. The second kappa shape index (κ2) is 5.77. The lowest BCUT2D eigenvalue weighted by Crippen LogP contribution is -2.37. The van der Waals surface area contributed by atoms with Crippen LogP contribution < -0.4 is 10.1 Å². The maximum Gasteiger partial charge on any atom is 0.174 e. The minimum Gasteiger partial charge on any atom is -0.479 e. The van der Waals surface area contributed by atoms with Gasteiger partial charge >= 0.3 is 0 Å². The number of hydrogen-bond acceptors (Lipinski definition) is 3. The van der Waals surface area contributed by atoms with Crippen molar-refractivity contribution in [1.82, 2.24) is 0 Å². The van der Waals surface area contributed by atoms with E-state index in [0.717, 1.165) is 23.3 Å². The molecule has 0 bridgehead atoms. The molecule has 0 heterocycles. The van der Waals surface area contributed by atoms with Crippen molar-refractivity contribution in [3.63, 3.8) is 0 Å². The first kappa shape index (κ1) is 12.8. The Morgan fingerprint density at radius 1 is 1.33 bits per heavy atom. The van der Waals surface area contributed by atoms with Gasteiger partial charge in [-0.2, -0.15) is 5.26 Å². The van der Waals surface area contributed by atoms with Crippen molar-refractivity contribution in [1.29, 1.82) is 5.26 Å². The second-order valence-corrected chi connectivity index (χ2v) is 5.29. The molecule has 0 saturated heterocycles. The summed E-state index contributed by atoms with van der Waals surface area (Å²) < 4.78 is 5.22. The fourth-order valence-corrected chi connectivity index (χ4v) is 2.32. The fourth-order valence-electron chi connectivity index (χ4n) is 2.32. The van der Waals surface area contributed by atoms with Crippen molar-refractivity contribution in [2.24, 2.45) is 11.8 Å². The number of nitrogens with zero attached hydrogens (tertiary/aromatic N) is 1. The minimum absolute atomic E-state index is 0.103. The number of benzene rings is 1. The third kappa shape index (κ3) is 3.16. The smallest absolute Gasteiger partial charge is 0.174 e. The molecule has 1 aromatic carbocycles. The summed E-state index contributed by atoms with van der Waals surface area (Å²) in [6, 6.07) is 10.4. The van der Waals surface area contributed by atoms with E-state index in [-0.39, 0.29) is 6.61 Å². The van der Waals surface area contributed by atoms with Gasteiger partial charge in [-0.25, -0.2) is 0 Å². The van der Waals surface area contributed by atoms with E-state index in [4.69, 9.17) is 10.00 Å². The number of nitrogens with one attached hydrogen (secondary N) is 1. The predicted octanol–water partition coefficient (Wildman–Crippen LogP) is 3.44. The van der Waals surface area contributed by atoms with Gasteiger partial charge in [-0.1, -0.05) is 13.8 Å². The average molecular weight is 244 g/mol. The van der Waals surface area contributed by atoms with Crippen LogP contribution in [-0.2, 0) is 0 Å². The normalized spacial score (nSPS) is 22.1. The summed E-state index contributed by atoms with van der Waals surface area (Å²) in [5.74, 6) is 2.42. The van der Waals surface area contributed by atoms with E-state index in [2.05, 4.69) is 19.2 Å². The Balaban J connectivity index is 1.79. The van der Waals surface area contributed by atoms with Crippen molar-refractivity contribution in [3.8, 4) is 11.8 Å². The van der Waals surface area contributed by atoms with E-state index in [1.54, 1.807) is 0 Å². The van der Waals surface area contributed by atoms with Crippen LogP contribution in [0.25, 0.3) is 0 Å². The standard InChI is InChI=1S/C15H20N2O/c1-11(2)12-9-14(10-12)17-13-3-5-15(6-4-13)18-8-7-16/h3-6,11-12,14,17H,8-10H2,1-2H3. The van der Waals surface area contributed by atoms with Crippen molar-refractivity contribution in [3.05, 3.63) is 24.3 Å². The van der Waals surface area contributed by atoms with Crippen molar-refractivity contribution in [2.45, 2.75) is 32.7 Å². The highest BCUT2D eigenvalue weighted by Crippen LogP contribution is 2.35. The zero-order chi connectivity index (χ0) is 13.0. The van der Waals surface area contributed by atoms with Gasteiger partial charge in [0.25, 0.3) is 0 Å². The molecule has 96 valence electrons. The van der Waals surface area contributed by atoms with Crippen LogP contribution in [0.4, 0.5) is 5.69 Å². The number of ether oxygens (including phenoxy) is 1. The fraction of sp³-hybridized carbons (Fsp3) is 0.533. The molecule has 0 radical (unpaired) electrons. The summed E-state index contributed by atoms with van der Waals surface area (Å²) in [6.45, 7) is 4.69. The van der Waals surface area contributed by atoms with Crippen molar-refractivity contribution >= 4 is 5.69 Å². The number of hydrogen-bond donors (Lipinski definition) is 1. The molecule has 1 aliphatic carbocycles. The topological polar surface area (TPSA) is 45.0 Å². The first-order valence-corrected chi connectivity index (χ1v) is 6.55. The Hall–Kier alpha value is -1.69. The summed E-state index contributed by atoms with van der Waals surface area (Å²) in [6.07, 6.45) is 2.54. The molecule has 0 aliphatic heterocycles. The maximum absolute atomic E-state index is 8.42. The average Bonchev–Trinajstić information content (AvgIpc) is 2.31. The Kier molecular flexibility index (Phi) is 4.09. The maximum atomic E-state index is 8.42.